The molecule has 3 nitrogen and oxygen atoms in total. The lowest BCUT2D eigenvalue weighted by Crippen LogP contribution is -2.28. The zero-order valence-electron chi connectivity index (χ0n) is 6.34. The van der Waals surface area contributed by atoms with Gasteiger partial charge in [0.2, 0.25) is 0 Å². The van der Waals surface area contributed by atoms with E-state index < -0.39 is 0 Å². The SMILES string of the molecule is CN(C)N(C)C.CO. The second-order valence-electron chi connectivity index (χ2n) is 1.69. The van der Waals surface area contributed by atoms with Crippen molar-refractivity contribution in [2.24, 2.45) is 0 Å². The Bertz CT molecular complexity index is 31.4. The van der Waals surface area contributed by atoms with Gasteiger partial charge < -0.3 is 5.11 Å². The molecule has 0 rings (SSSR count). The first-order chi connectivity index (χ1) is 3.64. The molecule has 0 saturated carbocycles. The number of hydrogen-bond donors (Lipinski definition) is 1. The highest BCUT2D eigenvalue weighted by atomic mass is 16.2. The standard InChI is InChI=1S/C4H12N2.CH4O/c1-5(2)6(3)4;1-2/h1-4H3;2H,1H3. The fourth-order valence-corrected chi connectivity index (χ4v) is 0. The van der Waals surface area contributed by atoms with E-state index >= 15 is 0 Å². The van der Waals surface area contributed by atoms with Gasteiger partial charge in [-0.05, 0) is 0 Å². The van der Waals surface area contributed by atoms with Crippen molar-refractivity contribution in [1.29, 1.82) is 0 Å². The van der Waals surface area contributed by atoms with Crippen molar-refractivity contribution in [2.45, 2.75) is 0 Å². The van der Waals surface area contributed by atoms with Crippen LogP contribution < -0.4 is 0 Å². The maximum absolute atomic E-state index is 7.00. The van der Waals surface area contributed by atoms with Crippen LogP contribution in [0.15, 0.2) is 0 Å². The number of aliphatic hydroxyl groups is 1. The minimum atomic E-state index is 1.00. The summed E-state index contributed by atoms with van der Waals surface area (Å²) < 4.78 is 0. The van der Waals surface area contributed by atoms with Crippen LogP contribution in [-0.2, 0) is 0 Å². The van der Waals surface area contributed by atoms with E-state index in [0.717, 1.165) is 7.11 Å². The lowest BCUT2D eigenvalue weighted by molar-refractivity contribution is 0.0894. The smallest absolute Gasteiger partial charge is 0.0319 e. The van der Waals surface area contributed by atoms with E-state index in [9.17, 15) is 0 Å². The maximum atomic E-state index is 7.00. The van der Waals surface area contributed by atoms with E-state index in [-0.39, 0.29) is 0 Å². The van der Waals surface area contributed by atoms with E-state index in [4.69, 9.17) is 5.11 Å². The highest BCUT2D eigenvalue weighted by Gasteiger charge is 1.84. The minimum Gasteiger partial charge on any atom is -0.400 e. The van der Waals surface area contributed by atoms with Crippen LogP contribution in [-0.4, -0.2) is 50.4 Å². The Morgan fingerprint density at radius 2 is 0.875 bits per heavy atom. The Morgan fingerprint density at radius 1 is 0.750 bits per heavy atom. The molecule has 0 saturated heterocycles. The van der Waals surface area contributed by atoms with Gasteiger partial charge in [0.1, 0.15) is 0 Å². The molecule has 0 aromatic heterocycles. The highest BCUT2D eigenvalue weighted by molar-refractivity contribution is 4.21. The average Bonchev–Trinajstić information content (AvgIpc) is 1.72. The molecule has 0 aromatic rings. The van der Waals surface area contributed by atoms with Crippen molar-refractivity contribution in [2.75, 3.05) is 35.3 Å². The molecule has 0 amide bonds. The van der Waals surface area contributed by atoms with E-state index in [1.54, 1.807) is 0 Å². The summed E-state index contributed by atoms with van der Waals surface area (Å²) in [7, 11) is 9.00. The lowest BCUT2D eigenvalue weighted by Gasteiger charge is -2.17. The molecular formula is C5H16N2O. The van der Waals surface area contributed by atoms with Crippen LogP contribution >= 0.6 is 0 Å². The Kier molecular flexibility index (Phi) is 9.28. The maximum Gasteiger partial charge on any atom is 0.0319 e. The third-order valence-corrected chi connectivity index (χ3v) is 0.800. The zero-order valence-corrected chi connectivity index (χ0v) is 6.34. The molecule has 0 radical (unpaired) electrons. The number of hydrogen-bond acceptors (Lipinski definition) is 3. The Balaban J connectivity index is 0. The molecule has 0 aliphatic rings. The Hall–Kier alpha value is -0.120. The van der Waals surface area contributed by atoms with Crippen LogP contribution in [0.2, 0.25) is 0 Å². The van der Waals surface area contributed by atoms with Crippen LogP contribution in [0.1, 0.15) is 0 Å². The first-order valence-corrected chi connectivity index (χ1v) is 2.44. The van der Waals surface area contributed by atoms with Gasteiger partial charge in [0.25, 0.3) is 0 Å². The van der Waals surface area contributed by atoms with E-state index in [2.05, 4.69) is 0 Å². The fraction of sp³-hybridized carbons (Fsp3) is 1.00. The van der Waals surface area contributed by atoms with Gasteiger partial charge in [-0.2, -0.15) is 0 Å². The van der Waals surface area contributed by atoms with E-state index in [0.29, 0.717) is 0 Å². The third kappa shape index (κ3) is 9.30. The molecule has 0 bridgehead atoms. The van der Waals surface area contributed by atoms with Gasteiger partial charge in [-0.25, -0.2) is 10.0 Å². The van der Waals surface area contributed by atoms with E-state index in [1.165, 1.54) is 0 Å². The second kappa shape index (κ2) is 6.88. The quantitative estimate of drug-likeness (QED) is 0.478. The van der Waals surface area contributed by atoms with Crippen molar-refractivity contribution >= 4 is 0 Å². The summed E-state index contributed by atoms with van der Waals surface area (Å²) in [6.45, 7) is 0. The van der Waals surface area contributed by atoms with Crippen LogP contribution in [0.25, 0.3) is 0 Å². The van der Waals surface area contributed by atoms with Crippen molar-refractivity contribution in [3.8, 4) is 0 Å². The number of hydrazine groups is 1. The zero-order chi connectivity index (χ0) is 7.15. The molecule has 0 aliphatic carbocycles. The molecule has 3 heteroatoms. The molecule has 0 fully saturated rings. The third-order valence-electron chi connectivity index (χ3n) is 0.800. The molecule has 52 valence electrons. The van der Waals surface area contributed by atoms with Crippen molar-refractivity contribution in [3.63, 3.8) is 0 Å². The van der Waals surface area contributed by atoms with E-state index in [1.807, 2.05) is 38.2 Å². The monoisotopic (exact) mass is 120 g/mol. The second-order valence-corrected chi connectivity index (χ2v) is 1.69. The molecule has 1 N–H and O–H groups in total. The van der Waals surface area contributed by atoms with Crippen molar-refractivity contribution in [1.82, 2.24) is 10.0 Å². The van der Waals surface area contributed by atoms with Crippen LogP contribution in [0.5, 0.6) is 0 Å². The molecule has 0 heterocycles. The molecule has 0 unspecified atom stereocenters. The first-order valence-electron chi connectivity index (χ1n) is 2.44. The van der Waals surface area contributed by atoms with Gasteiger partial charge in [0, 0.05) is 35.3 Å². The Labute approximate surface area is 51.5 Å². The molecule has 0 aromatic carbocycles. The molecular weight excluding hydrogens is 104 g/mol. The first kappa shape index (κ1) is 10.8. The largest absolute Gasteiger partial charge is 0.400 e. The van der Waals surface area contributed by atoms with Crippen LogP contribution in [0, 0.1) is 0 Å². The molecule has 8 heavy (non-hydrogen) atoms. The predicted molar refractivity (Wildman–Crippen MR) is 35.5 cm³/mol. The van der Waals surface area contributed by atoms with Crippen LogP contribution in [0.3, 0.4) is 0 Å². The average molecular weight is 120 g/mol. The summed E-state index contributed by atoms with van der Waals surface area (Å²) in [5.74, 6) is 0. The summed E-state index contributed by atoms with van der Waals surface area (Å²) in [5.41, 5.74) is 0. The summed E-state index contributed by atoms with van der Waals surface area (Å²) in [6, 6.07) is 0. The summed E-state index contributed by atoms with van der Waals surface area (Å²) in [6.07, 6.45) is 0. The number of nitrogens with zero attached hydrogens (tertiary/aromatic N) is 2. The number of rotatable bonds is 1. The van der Waals surface area contributed by atoms with Crippen molar-refractivity contribution in [3.05, 3.63) is 0 Å². The molecule has 0 atom stereocenters. The summed E-state index contributed by atoms with van der Waals surface area (Å²) in [4.78, 5) is 0. The predicted octanol–water partition coefficient (Wildman–Crippen LogP) is -0.367. The molecule has 0 aliphatic heterocycles. The van der Waals surface area contributed by atoms with Gasteiger partial charge in [-0.1, -0.05) is 0 Å². The van der Waals surface area contributed by atoms with Crippen LogP contribution in [0.4, 0.5) is 0 Å². The van der Waals surface area contributed by atoms with Gasteiger partial charge in [0.15, 0.2) is 0 Å². The topological polar surface area (TPSA) is 26.7 Å². The highest BCUT2D eigenvalue weighted by Crippen LogP contribution is 1.72. The Morgan fingerprint density at radius 3 is 0.875 bits per heavy atom. The van der Waals surface area contributed by atoms with Crippen molar-refractivity contribution < 1.29 is 5.11 Å². The lowest BCUT2D eigenvalue weighted by atomic mass is 11.0. The van der Waals surface area contributed by atoms with Gasteiger partial charge in [-0.3, -0.25) is 0 Å². The van der Waals surface area contributed by atoms with Gasteiger partial charge in [-0.15, -0.1) is 0 Å². The number of aliphatic hydroxyl groups excluding tert-OH is 1. The summed E-state index contributed by atoms with van der Waals surface area (Å²) in [5, 5.41) is 11.0. The van der Waals surface area contributed by atoms with Gasteiger partial charge >= 0.3 is 0 Å². The van der Waals surface area contributed by atoms with Gasteiger partial charge in [0.05, 0.1) is 0 Å². The fourth-order valence-electron chi connectivity index (χ4n) is 0. The summed E-state index contributed by atoms with van der Waals surface area (Å²) >= 11 is 0. The molecule has 0 spiro atoms. The minimum absolute atomic E-state index is 1.00. The normalized spacial score (nSPS) is 9.00.